The van der Waals surface area contributed by atoms with E-state index >= 15 is 0 Å². The van der Waals surface area contributed by atoms with E-state index in [1.165, 1.54) is 0 Å². The molecule has 1 aromatic heterocycles. The monoisotopic (exact) mass is 426 g/mol. The number of benzene rings is 1. The molecule has 2 rings (SSSR count). The summed E-state index contributed by atoms with van der Waals surface area (Å²) in [5, 5.41) is 0. The summed E-state index contributed by atoms with van der Waals surface area (Å²) < 4.78 is 14.8. The first-order valence-corrected chi connectivity index (χ1v) is 6.28. The highest BCUT2D eigenvalue weighted by Crippen LogP contribution is 2.21. The van der Waals surface area contributed by atoms with Crippen LogP contribution in [0, 0.1) is 13.3 Å². The molecule has 0 atom stereocenters. The van der Waals surface area contributed by atoms with Gasteiger partial charge >= 0.3 is 0 Å². The summed E-state index contributed by atoms with van der Waals surface area (Å²) in [6.07, 6.45) is 0. The number of halogens is 3. The van der Waals surface area contributed by atoms with Gasteiger partial charge in [0.2, 0.25) is 5.95 Å². The van der Waals surface area contributed by atoms with Crippen molar-refractivity contribution < 1.29 is 4.39 Å². The van der Waals surface area contributed by atoms with Crippen molar-refractivity contribution in [2.45, 2.75) is 0 Å². The van der Waals surface area contributed by atoms with Gasteiger partial charge in [-0.3, -0.25) is 0 Å². The molecule has 1 heterocycles. The summed E-state index contributed by atoms with van der Waals surface area (Å²) in [7, 11) is 0. The van der Waals surface area contributed by atoms with E-state index in [1.54, 1.807) is 0 Å². The van der Waals surface area contributed by atoms with Crippen molar-refractivity contribution in [1.29, 1.82) is 0 Å². The molecule has 0 fully saturated rings. The van der Waals surface area contributed by atoms with Gasteiger partial charge in [-0.25, -0.2) is 9.97 Å². The lowest BCUT2D eigenvalue weighted by Gasteiger charge is -2.03. The summed E-state index contributed by atoms with van der Waals surface area (Å²) in [6.45, 7) is 0. The summed E-state index contributed by atoms with van der Waals surface area (Å²) in [6, 6.07) is 9.21. The van der Waals surface area contributed by atoms with Gasteiger partial charge in [-0.1, -0.05) is 30.3 Å². The fraction of sp³-hybridized carbons (Fsp3) is 0. The average Bonchev–Trinajstić information content (AvgIpc) is 2.25. The van der Waals surface area contributed by atoms with E-state index < -0.39 is 5.95 Å². The molecule has 0 saturated heterocycles. The van der Waals surface area contributed by atoms with Gasteiger partial charge in [-0.05, 0) is 45.2 Å². The van der Waals surface area contributed by atoms with Crippen molar-refractivity contribution in [2.75, 3.05) is 0 Å². The second kappa shape index (κ2) is 4.69. The van der Waals surface area contributed by atoms with Crippen LogP contribution in [0.3, 0.4) is 0 Å². The van der Waals surface area contributed by atoms with E-state index in [1.807, 2.05) is 75.5 Å². The maximum Gasteiger partial charge on any atom is 0.240 e. The zero-order valence-electron chi connectivity index (χ0n) is 7.42. The third-order valence-electron chi connectivity index (χ3n) is 1.82. The fourth-order valence-corrected chi connectivity index (χ4v) is 1.85. The molecule has 15 heavy (non-hydrogen) atoms. The Morgan fingerprint density at radius 1 is 0.933 bits per heavy atom. The van der Waals surface area contributed by atoms with Crippen molar-refractivity contribution in [1.82, 2.24) is 9.97 Å². The SMILES string of the molecule is Fc1nc(I)c(I)nc1-c1ccccc1. The maximum absolute atomic E-state index is 13.5. The lowest BCUT2D eigenvalue weighted by atomic mass is 10.2. The molecule has 0 bridgehead atoms. The van der Waals surface area contributed by atoms with Crippen LogP contribution in [0.4, 0.5) is 4.39 Å². The number of nitrogens with zero attached hydrogens (tertiary/aromatic N) is 2. The topological polar surface area (TPSA) is 25.8 Å². The van der Waals surface area contributed by atoms with Crippen LogP contribution in [-0.4, -0.2) is 9.97 Å². The van der Waals surface area contributed by atoms with Crippen LogP contribution in [-0.2, 0) is 0 Å². The minimum absolute atomic E-state index is 0.306. The lowest BCUT2D eigenvalue weighted by molar-refractivity contribution is 0.576. The molecule has 0 aliphatic carbocycles. The van der Waals surface area contributed by atoms with Crippen LogP contribution in [0.25, 0.3) is 11.3 Å². The molecule has 2 aromatic rings. The van der Waals surface area contributed by atoms with Gasteiger partial charge < -0.3 is 0 Å². The van der Waals surface area contributed by atoms with Gasteiger partial charge in [-0.15, -0.1) is 0 Å². The standard InChI is InChI=1S/C10H5FI2N2/c11-8-7(6-4-2-1-3-5-6)14-9(12)10(13)15-8/h1-5H. The Hall–Kier alpha value is -0.310. The Labute approximate surface area is 114 Å². The van der Waals surface area contributed by atoms with Gasteiger partial charge in [-0.2, -0.15) is 4.39 Å². The molecule has 1 aromatic carbocycles. The number of hydrogen-bond donors (Lipinski definition) is 0. The lowest BCUT2D eigenvalue weighted by Crippen LogP contribution is -1.99. The third kappa shape index (κ3) is 2.44. The zero-order chi connectivity index (χ0) is 10.8. The van der Waals surface area contributed by atoms with Gasteiger partial charge in [0, 0.05) is 5.56 Å². The Morgan fingerprint density at radius 2 is 1.53 bits per heavy atom. The quantitative estimate of drug-likeness (QED) is 0.653. The van der Waals surface area contributed by atoms with Crippen molar-refractivity contribution in [3.05, 3.63) is 43.7 Å². The largest absolute Gasteiger partial charge is 0.240 e. The molecule has 0 aliphatic heterocycles. The van der Waals surface area contributed by atoms with E-state index in [4.69, 9.17) is 0 Å². The molecule has 0 spiro atoms. The predicted octanol–water partition coefficient (Wildman–Crippen LogP) is 3.49. The smallest absolute Gasteiger partial charge is 0.234 e. The molecule has 0 radical (unpaired) electrons. The normalized spacial score (nSPS) is 10.3. The molecule has 0 unspecified atom stereocenters. The molecule has 76 valence electrons. The summed E-state index contributed by atoms with van der Waals surface area (Å²) in [4.78, 5) is 7.98. The van der Waals surface area contributed by atoms with Crippen molar-refractivity contribution >= 4 is 45.2 Å². The highest BCUT2D eigenvalue weighted by molar-refractivity contribution is 14.1. The zero-order valence-corrected chi connectivity index (χ0v) is 11.7. The van der Waals surface area contributed by atoms with Crippen molar-refractivity contribution in [3.8, 4) is 11.3 Å². The van der Waals surface area contributed by atoms with E-state index in [-0.39, 0.29) is 0 Å². The minimum Gasteiger partial charge on any atom is -0.234 e. The maximum atomic E-state index is 13.5. The Balaban J connectivity index is 2.59. The van der Waals surface area contributed by atoms with E-state index in [2.05, 4.69) is 9.97 Å². The van der Waals surface area contributed by atoms with Gasteiger partial charge in [0.15, 0.2) is 0 Å². The molecular weight excluding hydrogens is 421 g/mol. The van der Waals surface area contributed by atoms with Crippen LogP contribution < -0.4 is 0 Å². The number of aromatic nitrogens is 2. The van der Waals surface area contributed by atoms with Crippen molar-refractivity contribution in [3.63, 3.8) is 0 Å². The van der Waals surface area contributed by atoms with Gasteiger partial charge in [0.05, 0.1) is 0 Å². The van der Waals surface area contributed by atoms with Crippen LogP contribution >= 0.6 is 45.2 Å². The van der Waals surface area contributed by atoms with Crippen LogP contribution in [0.15, 0.2) is 30.3 Å². The molecule has 0 aliphatic rings. The molecule has 2 nitrogen and oxygen atoms in total. The first-order chi connectivity index (χ1) is 7.18. The molecule has 0 saturated carbocycles. The fourth-order valence-electron chi connectivity index (χ4n) is 1.16. The molecular formula is C10H5FI2N2. The number of rotatable bonds is 1. The molecule has 5 heteroatoms. The minimum atomic E-state index is -0.522. The van der Waals surface area contributed by atoms with E-state index in [9.17, 15) is 4.39 Å². The third-order valence-corrected chi connectivity index (χ3v) is 4.36. The Morgan fingerprint density at radius 3 is 2.20 bits per heavy atom. The van der Waals surface area contributed by atoms with Crippen LogP contribution in [0.2, 0.25) is 0 Å². The van der Waals surface area contributed by atoms with Crippen molar-refractivity contribution in [2.24, 2.45) is 0 Å². The average molecular weight is 426 g/mol. The summed E-state index contributed by atoms with van der Waals surface area (Å²) in [5.41, 5.74) is 1.05. The summed E-state index contributed by atoms with van der Waals surface area (Å²) in [5.74, 6) is -0.522. The predicted molar refractivity (Wildman–Crippen MR) is 72.9 cm³/mol. The summed E-state index contributed by atoms with van der Waals surface area (Å²) >= 11 is 4.01. The van der Waals surface area contributed by atoms with Gasteiger partial charge in [0.1, 0.15) is 13.1 Å². The second-order valence-corrected chi connectivity index (χ2v) is 4.85. The highest BCUT2D eigenvalue weighted by Gasteiger charge is 2.11. The van der Waals surface area contributed by atoms with Gasteiger partial charge in [0.25, 0.3) is 0 Å². The highest BCUT2D eigenvalue weighted by atomic mass is 127. The Kier molecular flexibility index (Phi) is 3.49. The van der Waals surface area contributed by atoms with Crippen LogP contribution in [0.1, 0.15) is 0 Å². The van der Waals surface area contributed by atoms with E-state index in [0.717, 1.165) is 5.56 Å². The first kappa shape index (κ1) is 11.2. The Bertz CT molecular complexity index is 488. The number of hydrogen-bond acceptors (Lipinski definition) is 2. The second-order valence-electron chi connectivity index (χ2n) is 2.81. The molecule has 0 N–H and O–H groups in total. The van der Waals surface area contributed by atoms with E-state index in [0.29, 0.717) is 13.1 Å². The van der Waals surface area contributed by atoms with Crippen LogP contribution in [0.5, 0.6) is 0 Å². The molecule has 0 amide bonds. The first-order valence-electron chi connectivity index (χ1n) is 4.12.